The highest BCUT2D eigenvalue weighted by Gasteiger charge is 2.06. The molecule has 0 aliphatic carbocycles. The standard InChI is InChI=1S/C21H20BrN3O2/c1-15-8-9-17(22)12-20(15)25-21(26)24-13-16-5-4-7-19(11-16)27-14-18-6-2-3-10-23-18/h2-12H,13-14H2,1H3,(H2,24,25,26). The topological polar surface area (TPSA) is 63.2 Å². The van der Waals surface area contributed by atoms with E-state index in [0.29, 0.717) is 13.2 Å². The van der Waals surface area contributed by atoms with Gasteiger partial charge in [0.05, 0.1) is 5.69 Å². The molecule has 0 saturated heterocycles. The fourth-order valence-electron chi connectivity index (χ4n) is 2.46. The van der Waals surface area contributed by atoms with Crippen molar-refractivity contribution in [3.05, 3.63) is 88.2 Å². The van der Waals surface area contributed by atoms with E-state index in [2.05, 4.69) is 31.5 Å². The van der Waals surface area contributed by atoms with Crippen LogP contribution in [0.25, 0.3) is 0 Å². The lowest BCUT2D eigenvalue weighted by molar-refractivity contribution is 0.251. The molecular weight excluding hydrogens is 406 g/mol. The van der Waals surface area contributed by atoms with Gasteiger partial charge in [-0.25, -0.2) is 4.79 Å². The highest BCUT2D eigenvalue weighted by atomic mass is 79.9. The molecule has 0 aliphatic rings. The number of nitrogens with one attached hydrogen (secondary N) is 2. The normalized spacial score (nSPS) is 10.3. The lowest BCUT2D eigenvalue weighted by Crippen LogP contribution is -2.28. The highest BCUT2D eigenvalue weighted by molar-refractivity contribution is 9.10. The Hall–Kier alpha value is -2.86. The van der Waals surface area contributed by atoms with Crippen molar-refractivity contribution in [1.82, 2.24) is 10.3 Å². The first kappa shape index (κ1) is 18.9. The molecule has 1 heterocycles. The van der Waals surface area contributed by atoms with Crippen LogP contribution < -0.4 is 15.4 Å². The molecule has 3 rings (SSSR count). The van der Waals surface area contributed by atoms with Crippen molar-refractivity contribution in [2.75, 3.05) is 5.32 Å². The number of urea groups is 1. The number of carbonyl (C=O) groups is 1. The summed E-state index contributed by atoms with van der Waals surface area (Å²) in [6, 6.07) is 18.9. The number of hydrogen-bond acceptors (Lipinski definition) is 3. The van der Waals surface area contributed by atoms with E-state index in [1.165, 1.54) is 0 Å². The van der Waals surface area contributed by atoms with E-state index >= 15 is 0 Å². The van der Waals surface area contributed by atoms with Gasteiger partial charge in [0.2, 0.25) is 0 Å². The van der Waals surface area contributed by atoms with Gasteiger partial charge in [-0.2, -0.15) is 0 Å². The number of carbonyl (C=O) groups excluding carboxylic acids is 1. The molecule has 0 aliphatic heterocycles. The summed E-state index contributed by atoms with van der Waals surface area (Å²) in [5, 5.41) is 5.72. The van der Waals surface area contributed by atoms with E-state index in [4.69, 9.17) is 4.74 Å². The summed E-state index contributed by atoms with van der Waals surface area (Å²) in [5.41, 5.74) is 3.59. The van der Waals surface area contributed by atoms with Gasteiger partial charge in [-0.05, 0) is 54.4 Å². The number of pyridine rings is 1. The third-order valence-corrected chi connectivity index (χ3v) is 4.41. The number of aromatic nitrogens is 1. The number of hydrogen-bond donors (Lipinski definition) is 2. The van der Waals surface area contributed by atoms with Crippen LogP contribution in [-0.2, 0) is 13.2 Å². The van der Waals surface area contributed by atoms with Gasteiger partial charge in [-0.15, -0.1) is 0 Å². The molecule has 2 aromatic carbocycles. The minimum Gasteiger partial charge on any atom is -0.487 e. The Balaban J connectivity index is 1.53. The Morgan fingerprint density at radius 2 is 2.00 bits per heavy atom. The van der Waals surface area contributed by atoms with Gasteiger partial charge in [-0.1, -0.05) is 40.2 Å². The van der Waals surface area contributed by atoms with Crippen LogP contribution in [0, 0.1) is 6.92 Å². The second-order valence-corrected chi connectivity index (χ2v) is 6.94. The van der Waals surface area contributed by atoms with Crippen molar-refractivity contribution in [2.24, 2.45) is 0 Å². The SMILES string of the molecule is Cc1ccc(Br)cc1NC(=O)NCc1cccc(OCc2ccccn2)c1. The maximum atomic E-state index is 12.2. The van der Waals surface area contributed by atoms with Gasteiger partial charge < -0.3 is 15.4 Å². The molecule has 0 atom stereocenters. The second-order valence-electron chi connectivity index (χ2n) is 6.02. The van der Waals surface area contributed by atoms with Crippen molar-refractivity contribution in [1.29, 1.82) is 0 Å². The summed E-state index contributed by atoms with van der Waals surface area (Å²) in [7, 11) is 0. The number of amides is 2. The van der Waals surface area contributed by atoms with Crippen LogP contribution in [-0.4, -0.2) is 11.0 Å². The lowest BCUT2D eigenvalue weighted by atomic mass is 10.2. The van der Waals surface area contributed by atoms with Crippen molar-refractivity contribution in [3.8, 4) is 5.75 Å². The van der Waals surface area contributed by atoms with Crippen LogP contribution >= 0.6 is 15.9 Å². The van der Waals surface area contributed by atoms with Gasteiger partial charge in [-0.3, -0.25) is 4.98 Å². The maximum absolute atomic E-state index is 12.2. The molecule has 0 unspecified atom stereocenters. The first-order chi connectivity index (χ1) is 13.1. The number of benzene rings is 2. The van der Waals surface area contributed by atoms with Gasteiger partial charge in [0.15, 0.2) is 0 Å². The van der Waals surface area contributed by atoms with Gasteiger partial charge in [0, 0.05) is 22.9 Å². The van der Waals surface area contributed by atoms with E-state index in [9.17, 15) is 4.79 Å². The molecule has 2 N–H and O–H groups in total. The number of ether oxygens (including phenoxy) is 1. The Labute approximate surface area is 166 Å². The van der Waals surface area contributed by atoms with Crippen LogP contribution in [0.5, 0.6) is 5.75 Å². The third kappa shape index (κ3) is 5.82. The fourth-order valence-corrected chi connectivity index (χ4v) is 2.82. The van der Waals surface area contributed by atoms with Crippen molar-refractivity contribution in [2.45, 2.75) is 20.1 Å². The van der Waals surface area contributed by atoms with Crippen LogP contribution in [0.4, 0.5) is 10.5 Å². The number of halogens is 1. The van der Waals surface area contributed by atoms with Gasteiger partial charge in [0.25, 0.3) is 0 Å². The predicted molar refractivity (Wildman–Crippen MR) is 110 cm³/mol. The Bertz CT molecular complexity index is 916. The molecule has 27 heavy (non-hydrogen) atoms. The van der Waals surface area contributed by atoms with E-state index in [-0.39, 0.29) is 6.03 Å². The van der Waals surface area contributed by atoms with Crippen LogP contribution in [0.2, 0.25) is 0 Å². The number of aryl methyl sites for hydroxylation is 1. The Morgan fingerprint density at radius 3 is 2.81 bits per heavy atom. The molecule has 5 nitrogen and oxygen atoms in total. The van der Waals surface area contributed by atoms with E-state index in [0.717, 1.165) is 32.7 Å². The van der Waals surface area contributed by atoms with Crippen LogP contribution in [0.3, 0.4) is 0 Å². The second kappa shape index (κ2) is 9.19. The number of nitrogens with zero attached hydrogens (tertiary/aromatic N) is 1. The van der Waals surface area contributed by atoms with E-state index < -0.39 is 0 Å². The Morgan fingerprint density at radius 1 is 1.11 bits per heavy atom. The van der Waals surface area contributed by atoms with Crippen LogP contribution in [0.1, 0.15) is 16.8 Å². The molecule has 0 saturated carbocycles. The van der Waals surface area contributed by atoms with E-state index in [1.807, 2.05) is 67.6 Å². The smallest absolute Gasteiger partial charge is 0.319 e. The maximum Gasteiger partial charge on any atom is 0.319 e. The van der Waals surface area contributed by atoms with Crippen LogP contribution in [0.15, 0.2) is 71.3 Å². The summed E-state index contributed by atoms with van der Waals surface area (Å²) in [5.74, 6) is 0.739. The number of rotatable bonds is 6. The fraction of sp³-hybridized carbons (Fsp3) is 0.143. The van der Waals surface area contributed by atoms with Gasteiger partial charge >= 0.3 is 6.03 Å². The van der Waals surface area contributed by atoms with Crippen molar-refractivity contribution >= 4 is 27.6 Å². The summed E-state index contributed by atoms with van der Waals surface area (Å²) < 4.78 is 6.69. The minimum atomic E-state index is -0.254. The predicted octanol–water partition coefficient (Wildman–Crippen LogP) is 5.05. The molecule has 0 radical (unpaired) electrons. The summed E-state index contributed by atoms with van der Waals surface area (Å²) in [6.07, 6.45) is 1.74. The molecular formula is C21H20BrN3O2. The molecule has 138 valence electrons. The lowest BCUT2D eigenvalue weighted by Gasteiger charge is -2.11. The highest BCUT2D eigenvalue weighted by Crippen LogP contribution is 2.20. The average molecular weight is 426 g/mol. The zero-order chi connectivity index (χ0) is 19.1. The molecule has 0 spiro atoms. The largest absolute Gasteiger partial charge is 0.487 e. The summed E-state index contributed by atoms with van der Waals surface area (Å²) in [4.78, 5) is 16.4. The molecule has 1 aromatic heterocycles. The van der Waals surface area contributed by atoms with Crippen molar-refractivity contribution < 1.29 is 9.53 Å². The first-order valence-electron chi connectivity index (χ1n) is 8.53. The Kier molecular flexibility index (Phi) is 6.44. The molecule has 6 heteroatoms. The van der Waals surface area contributed by atoms with Crippen molar-refractivity contribution in [3.63, 3.8) is 0 Å². The first-order valence-corrected chi connectivity index (χ1v) is 9.32. The molecule has 0 fully saturated rings. The minimum absolute atomic E-state index is 0.254. The molecule has 3 aromatic rings. The zero-order valence-corrected chi connectivity index (χ0v) is 16.5. The summed E-state index contributed by atoms with van der Waals surface area (Å²) >= 11 is 3.41. The van der Waals surface area contributed by atoms with E-state index in [1.54, 1.807) is 6.20 Å². The molecule has 2 amide bonds. The van der Waals surface area contributed by atoms with Gasteiger partial charge in [0.1, 0.15) is 12.4 Å². The quantitative estimate of drug-likeness (QED) is 0.580. The average Bonchev–Trinajstić information content (AvgIpc) is 2.69. The third-order valence-electron chi connectivity index (χ3n) is 3.91. The number of anilines is 1. The zero-order valence-electron chi connectivity index (χ0n) is 14.9. The summed E-state index contributed by atoms with van der Waals surface area (Å²) in [6.45, 7) is 2.75. The monoisotopic (exact) mass is 425 g/mol. The molecule has 0 bridgehead atoms.